The average Bonchev–Trinajstić information content (AvgIpc) is 2.43. The first-order valence-electron chi connectivity index (χ1n) is 7.26. The normalized spacial score (nSPS) is 17.9. The van der Waals surface area contributed by atoms with Crippen LogP contribution < -0.4 is 5.32 Å². The first-order chi connectivity index (χ1) is 9.49. The lowest BCUT2D eigenvalue weighted by Gasteiger charge is -2.29. The molecule has 4 heteroatoms. The van der Waals surface area contributed by atoms with Crippen molar-refractivity contribution >= 4 is 5.78 Å². The SMILES string of the molecule is Cc1cc(C)c(O)c(C(=O)C(C)CN2CCNCC2)c1. The summed E-state index contributed by atoms with van der Waals surface area (Å²) >= 11 is 0. The molecule has 2 N–H and O–H groups in total. The molecular weight excluding hydrogens is 252 g/mol. The molecule has 1 fully saturated rings. The van der Waals surface area contributed by atoms with Crippen molar-refractivity contribution in [1.82, 2.24) is 10.2 Å². The van der Waals surface area contributed by atoms with Crippen LogP contribution in [0.15, 0.2) is 12.1 Å². The van der Waals surface area contributed by atoms with Crippen LogP contribution in [0.1, 0.15) is 28.4 Å². The lowest BCUT2D eigenvalue weighted by molar-refractivity contribution is 0.0884. The monoisotopic (exact) mass is 276 g/mol. The Bertz CT molecular complexity index is 493. The molecule has 1 aliphatic rings. The Morgan fingerprint density at radius 2 is 2.00 bits per heavy atom. The average molecular weight is 276 g/mol. The van der Waals surface area contributed by atoms with E-state index in [0.29, 0.717) is 5.56 Å². The van der Waals surface area contributed by atoms with E-state index in [1.54, 1.807) is 6.07 Å². The highest BCUT2D eigenvalue weighted by molar-refractivity contribution is 6.00. The molecule has 0 amide bonds. The number of aromatic hydroxyl groups is 1. The van der Waals surface area contributed by atoms with Crippen LogP contribution in [0.5, 0.6) is 5.75 Å². The maximum absolute atomic E-state index is 12.5. The third-order valence-corrected chi connectivity index (χ3v) is 3.90. The number of rotatable bonds is 4. The zero-order valence-electron chi connectivity index (χ0n) is 12.6. The van der Waals surface area contributed by atoms with Crippen LogP contribution in [0, 0.1) is 19.8 Å². The fourth-order valence-corrected chi connectivity index (χ4v) is 2.78. The number of ketones is 1. The predicted molar refractivity (Wildman–Crippen MR) is 80.4 cm³/mol. The number of phenolic OH excluding ortho intramolecular Hbond substituents is 1. The summed E-state index contributed by atoms with van der Waals surface area (Å²) in [5, 5.41) is 13.4. The Morgan fingerprint density at radius 1 is 1.35 bits per heavy atom. The Balaban J connectivity index is 2.10. The van der Waals surface area contributed by atoms with E-state index < -0.39 is 0 Å². The highest BCUT2D eigenvalue weighted by Gasteiger charge is 2.22. The molecule has 0 aliphatic carbocycles. The summed E-state index contributed by atoms with van der Waals surface area (Å²) < 4.78 is 0. The van der Waals surface area contributed by atoms with Gasteiger partial charge in [0.25, 0.3) is 0 Å². The van der Waals surface area contributed by atoms with Crippen LogP contribution >= 0.6 is 0 Å². The van der Waals surface area contributed by atoms with Crippen LogP contribution in [0.25, 0.3) is 0 Å². The third-order valence-electron chi connectivity index (χ3n) is 3.90. The minimum atomic E-state index is -0.0970. The van der Waals surface area contributed by atoms with Crippen molar-refractivity contribution in [2.24, 2.45) is 5.92 Å². The number of piperazine rings is 1. The van der Waals surface area contributed by atoms with E-state index in [0.717, 1.165) is 43.9 Å². The summed E-state index contributed by atoms with van der Waals surface area (Å²) in [4.78, 5) is 14.8. The zero-order chi connectivity index (χ0) is 14.7. The topological polar surface area (TPSA) is 52.6 Å². The molecular formula is C16H24N2O2. The Kier molecular flexibility index (Phi) is 4.78. The lowest BCUT2D eigenvalue weighted by Crippen LogP contribution is -2.45. The van der Waals surface area contributed by atoms with Gasteiger partial charge >= 0.3 is 0 Å². The van der Waals surface area contributed by atoms with Gasteiger partial charge in [-0.1, -0.05) is 13.0 Å². The molecule has 1 aromatic carbocycles. The molecule has 1 atom stereocenters. The second-order valence-corrected chi connectivity index (χ2v) is 5.79. The van der Waals surface area contributed by atoms with Crippen molar-refractivity contribution in [1.29, 1.82) is 0 Å². The number of benzene rings is 1. The summed E-state index contributed by atoms with van der Waals surface area (Å²) in [6.45, 7) is 10.4. The van der Waals surface area contributed by atoms with Gasteiger partial charge in [0.2, 0.25) is 0 Å². The number of phenols is 1. The van der Waals surface area contributed by atoms with E-state index in [2.05, 4.69) is 10.2 Å². The quantitative estimate of drug-likeness (QED) is 0.822. The zero-order valence-corrected chi connectivity index (χ0v) is 12.6. The summed E-state index contributed by atoms with van der Waals surface area (Å²) in [7, 11) is 0. The van der Waals surface area contributed by atoms with E-state index in [-0.39, 0.29) is 17.5 Å². The van der Waals surface area contributed by atoms with Crippen molar-refractivity contribution in [3.63, 3.8) is 0 Å². The minimum Gasteiger partial charge on any atom is -0.507 e. The molecule has 0 radical (unpaired) electrons. The standard InChI is InChI=1S/C16H24N2O2/c1-11-8-12(2)15(19)14(9-11)16(20)13(3)10-18-6-4-17-5-7-18/h8-9,13,17,19H,4-7,10H2,1-3H3. The molecule has 0 bridgehead atoms. The van der Waals surface area contributed by atoms with E-state index in [1.807, 2.05) is 26.8 Å². The van der Waals surface area contributed by atoms with Crippen molar-refractivity contribution in [2.75, 3.05) is 32.7 Å². The Morgan fingerprint density at radius 3 is 2.65 bits per heavy atom. The fraction of sp³-hybridized carbons (Fsp3) is 0.562. The summed E-state index contributed by atoms with van der Waals surface area (Å²) in [5.41, 5.74) is 2.24. The molecule has 0 saturated carbocycles. The van der Waals surface area contributed by atoms with Gasteiger partial charge in [0.15, 0.2) is 5.78 Å². The van der Waals surface area contributed by atoms with Crippen LogP contribution in [0.2, 0.25) is 0 Å². The summed E-state index contributed by atoms with van der Waals surface area (Å²) in [5.74, 6) is 0.0702. The van der Waals surface area contributed by atoms with Crippen molar-refractivity contribution in [2.45, 2.75) is 20.8 Å². The molecule has 1 saturated heterocycles. The van der Waals surface area contributed by atoms with Gasteiger partial charge in [0.05, 0.1) is 5.56 Å². The maximum atomic E-state index is 12.5. The Labute approximate surface area is 120 Å². The minimum absolute atomic E-state index is 0.0350. The van der Waals surface area contributed by atoms with Crippen molar-refractivity contribution < 1.29 is 9.90 Å². The number of carbonyl (C=O) groups is 1. The van der Waals surface area contributed by atoms with E-state index in [1.165, 1.54) is 0 Å². The molecule has 1 aliphatic heterocycles. The number of hydrogen-bond acceptors (Lipinski definition) is 4. The number of hydrogen-bond donors (Lipinski definition) is 2. The molecule has 4 nitrogen and oxygen atoms in total. The van der Waals surface area contributed by atoms with Crippen molar-refractivity contribution in [3.05, 3.63) is 28.8 Å². The molecule has 0 spiro atoms. The second-order valence-electron chi connectivity index (χ2n) is 5.79. The molecule has 0 aromatic heterocycles. The van der Waals surface area contributed by atoms with Crippen LogP contribution in [0.3, 0.4) is 0 Å². The van der Waals surface area contributed by atoms with Gasteiger partial charge in [0, 0.05) is 38.6 Å². The van der Waals surface area contributed by atoms with Gasteiger partial charge in [-0.2, -0.15) is 0 Å². The number of Topliss-reactive ketones (excluding diaryl/α,β-unsaturated/α-hetero) is 1. The van der Waals surface area contributed by atoms with Crippen LogP contribution in [-0.4, -0.2) is 48.5 Å². The number of nitrogens with one attached hydrogen (secondary N) is 1. The summed E-state index contributed by atoms with van der Waals surface area (Å²) in [6, 6.07) is 3.69. The van der Waals surface area contributed by atoms with Gasteiger partial charge in [0.1, 0.15) is 5.75 Å². The second kappa shape index (κ2) is 6.37. The van der Waals surface area contributed by atoms with Gasteiger partial charge in [-0.05, 0) is 31.0 Å². The largest absolute Gasteiger partial charge is 0.507 e. The fourth-order valence-electron chi connectivity index (χ4n) is 2.78. The smallest absolute Gasteiger partial charge is 0.170 e. The molecule has 110 valence electrons. The molecule has 20 heavy (non-hydrogen) atoms. The molecule has 1 unspecified atom stereocenters. The first-order valence-corrected chi connectivity index (χ1v) is 7.26. The highest BCUT2D eigenvalue weighted by atomic mass is 16.3. The van der Waals surface area contributed by atoms with Crippen molar-refractivity contribution in [3.8, 4) is 5.75 Å². The third kappa shape index (κ3) is 3.38. The number of nitrogens with zero attached hydrogens (tertiary/aromatic N) is 1. The van der Waals surface area contributed by atoms with E-state index in [4.69, 9.17) is 0 Å². The summed E-state index contributed by atoms with van der Waals surface area (Å²) in [6.07, 6.45) is 0. The van der Waals surface area contributed by atoms with Gasteiger partial charge in [-0.3, -0.25) is 4.79 Å². The number of carbonyl (C=O) groups excluding carboxylic acids is 1. The molecule has 1 aromatic rings. The first kappa shape index (κ1) is 15.0. The van der Waals surface area contributed by atoms with Crippen LogP contribution in [0.4, 0.5) is 0 Å². The number of aryl methyl sites for hydroxylation is 2. The predicted octanol–water partition coefficient (Wildman–Crippen LogP) is 1.73. The highest BCUT2D eigenvalue weighted by Crippen LogP contribution is 2.26. The molecule has 2 rings (SSSR count). The van der Waals surface area contributed by atoms with E-state index >= 15 is 0 Å². The van der Waals surface area contributed by atoms with E-state index in [9.17, 15) is 9.90 Å². The van der Waals surface area contributed by atoms with Gasteiger partial charge < -0.3 is 15.3 Å². The molecule has 1 heterocycles. The van der Waals surface area contributed by atoms with Crippen LogP contribution in [-0.2, 0) is 0 Å². The van der Waals surface area contributed by atoms with Gasteiger partial charge in [-0.15, -0.1) is 0 Å². The maximum Gasteiger partial charge on any atom is 0.170 e. The lowest BCUT2D eigenvalue weighted by atomic mass is 9.94. The Hall–Kier alpha value is -1.39. The van der Waals surface area contributed by atoms with Gasteiger partial charge in [-0.25, -0.2) is 0 Å².